The van der Waals surface area contributed by atoms with E-state index in [0.717, 1.165) is 0 Å². The lowest BCUT2D eigenvalue weighted by atomic mass is 10.2. The summed E-state index contributed by atoms with van der Waals surface area (Å²) in [6, 6.07) is 9.64. The highest BCUT2D eigenvalue weighted by Gasteiger charge is 2.24. The summed E-state index contributed by atoms with van der Waals surface area (Å²) in [7, 11) is 0. The minimum atomic E-state index is -0.556. The standard InChI is InChI=1S/C12H9N3O4/c16-15(17)9-4-1-3-8(7-9)11-13-14-12(19-11)10-5-2-6-18-10/h1-7,11,13H. The second-order valence-electron chi connectivity index (χ2n) is 3.87. The van der Waals surface area contributed by atoms with Gasteiger partial charge in [0.25, 0.3) is 11.6 Å². The van der Waals surface area contributed by atoms with Gasteiger partial charge in [0.05, 0.1) is 11.2 Å². The number of hydrogen-bond acceptors (Lipinski definition) is 6. The van der Waals surface area contributed by atoms with Crippen LogP contribution >= 0.6 is 0 Å². The van der Waals surface area contributed by atoms with Gasteiger partial charge in [-0.1, -0.05) is 12.1 Å². The number of nitro groups is 1. The summed E-state index contributed by atoms with van der Waals surface area (Å²) in [5, 5.41) is 14.7. The van der Waals surface area contributed by atoms with Crippen LogP contribution in [0.1, 0.15) is 17.6 Å². The Balaban J connectivity index is 1.79. The largest absolute Gasteiger partial charge is 0.459 e. The lowest BCUT2D eigenvalue weighted by molar-refractivity contribution is -0.385. The van der Waals surface area contributed by atoms with E-state index in [1.807, 2.05) is 0 Å². The molecule has 1 aliphatic heterocycles. The predicted octanol–water partition coefficient (Wildman–Crippen LogP) is 2.17. The van der Waals surface area contributed by atoms with E-state index >= 15 is 0 Å². The first-order valence-electron chi connectivity index (χ1n) is 5.52. The van der Waals surface area contributed by atoms with Crippen LogP contribution in [-0.2, 0) is 4.74 Å². The van der Waals surface area contributed by atoms with Gasteiger partial charge in [-0.3, -0.25) is 15.5 Å². The average molecular weight is 259 g/mol. The quantitative estimate of drug-likeness (QED) is 0.673. The Hall–Kier alpha value is -2.83. The molecule has 2 aromatic rings. The number of nitro benzene ring substituents is 1. The Morgan fingerprint density at radius 3 is 2.95 bits per heavy atom. The van der Waals surface area contributed by atoms with E-state index in [9.17, 15) is 10.1 Å². The van der Waals surface area contributed by atoms with Crippen molar-refractivity contribution in [3.05, 3.63) is 64.1 Å². The fourth-order valence-corrected chi connectivity index (χ4v) is 1.74. The number of rotatable bonds is 3. The van der Waals surface area contributed by atoms with E-state index in [1.54, 1.807) is 24.3 Å². The van der Waals surface area contributed by atoms with Crippen molar-refractivity contribution in [2.45, 2.75) is 6.23 Å². The summed E-state index contributed by atoms with van der Waals surface area (Å²) in [4.78, 5) is 10.3. The SMILES string of the molecule is O=[N+]([O-])c1cccc(C2NN=C(c3ccco3)O2)c1. The van der Waals surface area contributed by atoms with Crippen molar-refractivity contribution >= 4 is 11.6 Å². The molecule has 1 N–H and O–H groups in total. The highest BCUT2D eigenvalue weighted by Crippen LogP contribution is 2.24. The molecule has 1 unspecified atom stereocenters. The Morgan fingerprint density at radius 2 is 2.21 bits per heavy atom. The normalized spacial score (nSPS) is 17.5. The molecule has 1 aliphatic rings. The van der Waals surface area contributed by atoms with Crippen molar-refractivity contribution in [3.8, 4) is 0 Å². The Morgan fingerprint density at radius 1 is 1.32 bits per heavy atom. The van der Waals surface area contributed by atoms with Gasteiger partial charge in [-0.25, -0.2) is 0 Å². The number of nitrogens with one attached hydrogen (secondary N) is 1. The number of benzene rings is 1. The van der Waals surface area contributed by atoms with E-state index in [-0.39, 0.29) is 5.69 Å². The number of ether oxygens (including phenoxy) is 1. The molecule has 0 amide bonds. The molecule has 0 saturated carbocycles. The highest BCUT2D eigenvalue weighted by atomic mass is 16.6. The second kappa shape index (κ2) is 4.45. The predicted molar refractivity (Wildman–Crippen MR) is 65.3 cm³/mol. The van der Waals surface area contributed by atoms with Crippen LogP contribution in [0.5, 0.6) is 0 Å². The molecule has 19 heavy (non-hydrogen) atoms. The molecule has 0 bridgehead atoms. The molecule has 0 radical (unpaired) electrons. The van der Waals surface area contributed by atoms with Crippen LogP contribution < -0.4 is 5.43 Å². The third kappa shape index (κ3) is 2.13. The van der Waals surface area contributed by atoms with E-state index in [4.69, 9.17) is 9.15 Å². The molecule has 1 atom stereocenters. The van der Waals surface area contributed by atoms with Crippen LogP contribution in [-0.4, -0.2) is 10.8 Å². The van der Waals surface area contributed by atoms with Gasteiger partial charge < -0.3 is 9.15 Å². The van der Waals surface area contributed by atoms with Gasteiger partial charge in [0.2, 0.25) is 6.23 Å². The smallest absolute Gasteiger partial charge is 0.276 e. The summed E-state index contributed by atoms with van der Waals surface area (Å²) in [6.07, 6.45) is 0.960. The number of hydrogen-bond donors (Lipinski definition) is 1. The number of non-ortho nitro benzene ring substituents is 1. The van der Waals surface area contributed by atoms with E-state index in [2.05, 4.69) is 10.5 Å². The average Bonchev–Trinajstić information content (AvgIpc) is 3.09. The van der Waals surface area contributed by atoms with Gasteiger partial charge in [0.15, 0.2) is 5.76 Å². The molecule has 0 spiro atoms. The molecule has 96 valence electrons. The fourth-order valence-electron chi connectivity index (χ4n) is 1.74. The van der Waals surface area contributed by atoms with Gasteiger partial charge in [0.1, 0.15) is 0 Å². The first-order valence-corrected chi connectivity index (χ1v) is 5.52. The van der Waals surface area contributed by atoms with Gasteiger partial charge in [-0.15, -0.1) is 5.10 Å². The molecular formula is C12H9N3O4. The van der Waals surface area contributed by atoms with Crippen molar-refractivity contribution in [1.29, 1.82) is 0 Å². The van der Waals surface area contributed by atoms with E-state index in [1.165, 1.54) is 18.4 Å². The monoisotopic (exact) mass is 259 g/mol. The summed E-state index contributed by atoms with van der Waals surface area (Å²) >= 11 is 0. The van der Waals surface area contributed by atoms with Crippen LogP contribution in [0, 0.1) is 10.1 Å². The highest BCUT2D eigenvalue weighted by molar-refractivity contribution is 5.92. The maximum Gasteiger partial charge on any atom is 0.276 e. The summed E-state index contributed by atoms with van der Waals surface area (Å²) in [5.41, 5.74) is 3.39. The Labute approximate surface area is 107 Å². The zero-order chi connectivity index (χ0) is 13.2. The van der Waals surface area contributed by atoms with Crippen molar-refractivity contribution in [2.75, 3.05) is 0 Å². The first-order chi connectivity index (χ1) is 9.24. The van der Waals surface area contributed by atoms with Gasteiger partial charge in [-0.05, 0) is 12.1 Å². The number of nitrogens with zero attached hydrogens (tertiary/aromatic N) is 2. The number of hydrazone groups is 1. The molecule has 0 fully saturated rings. The van der Waals surface area contributed by atoms with E-state index in [0.29, 0.717) is 17.2 Å². The molecule has 7 heteroatoms. The topological polar surface area (TPSA) is 89.9 Å². The molecule has 2 heterocycles. The van der Waals surface area contributed by atoms with Crippen LogP contribution in [0.2, 0.25) is 0 Å². The maximum atomic E-state index is 10.7. The lowest BCUT2D eigenvalue weighted by Crippen LogP contribution is -2.12. The van der Waals surface area contributed by atoms with Gasteiger partial charge in [-0.2, -0.15) is 0 Å². The molecule has 0 saturated heterocycles. The summed E-state index contributed by atoms with van der Waals surface area (Å²) in [5.74, 6) is 0.821. The molecule has 1 aromatic heterocycles. The minimum absolute atomic E-state index is 0.00866. The number of furan rings is 1. The van der Waals surface area contributed by atoms with Gasteiger partial charge >= 0.3 is 0 Å². The third-order valence-corrected chi connectivity index (χ3v) is 2.63. The van der Waals surface area contributed by atoms with Crippen LogP contribution in [0.25, 0.3) is 0 Å². The maximum absolute atomic E-state index is 10.7. The second-order valence-corrected chi connectivity index (χ2v) is 3.87. The van der Waals surface area contributed by atoms with Gasteiger partial charge in [0, 0.05) is 17.7 Å². The molecule has 7 nitrogen and oxygen atoms in total. The zero-order valence-electron chi connectivity index (χ0n) is 9.65. The fraction of sp³-hybridized carbons (Fsp3) is 0.0833. The van der Waals surface area contributed by atoms with Crippen LogP contribution in [0.15, 0.2) is 52.2 Å². The third-order valence-electron chi connectivity index (χ3n) is 2.63. The summed E-state index contributed by atoms with van der Waals surface area (Å²) in [6.45, 7) is 0. The van der Waals surface area contributed by atoms with E-state index < -0.39 is 11.2 Å². The Kier molecular flexibility index (Phi) is 2.64. The molecule has 1 aromatic carbocycles. The van der Waals surface area contributed by atoms with Crippen molar-refractivity contribution in [2.24, 2.45) is 5.10 Å². The molecule has 0 aliphatic carbocycles. The zero-order valence-corrected chi connectivity index (χ0v) is 9.65. The molecular weight excluding hydrogens is 250 g/mol. The van der Waals surface area contributed by atoms with Crippen molar-refractivity contribution in [1.82, 2.24) is 5.43 Å². The first kappa shape index (κ1) is 11.3. The minimum Gasteiger partial charge on any atom is -0.459 e. The van der Waals surface area contributed by atoms with Crippen LogP contribution in [0.4, 0.5) is 5.69 Å². The van der Waals surface area contributed by atoms with Crippen molar-refractivity contribution < 1.29 is 14.1 Å². The van der Waals surface area contributed by atoms with Crippen molar-refractivity contribution in [3.63, 3.8) is 0 Å². The summed E-state index contributed by atoms with van der Waals surface area (Å²) < 4.78 is 10.7. The molecule has 3 rings (SSSR count). The van der Waals surface area contributed by atoms with Crippen LogP contribution in [0.3, 0.4) is 0 Å². The lowest BCUT2D eigenvalue weighted by Gasteiger charge is -2.10. The Bertz CT molecular complexity index is 636.